The summed E-state index contributed by atoms with van der Waals surface area (Å²) in [4.78, 5) is 0. The molecule has 0 bridgehead atoms. The minimum Gasteiger partial charge on any atom is -0.384 e. The minimum absolute atomic E-state index is 0. The summed E-state index contributed by atoms with van der Waals surface area (Å²) in [5, 5.41) is 0.843. The molecular weight excluding hydrogens is 188 g/mol. The van der Waals surface area contributed by atoms with Crippen LogP contribution in [0.2, 0.25) is 0 Å². The predicted molar refractivity (Wildman–Crippen MR) is 56.5 cm³/mol. The molecule has 80 valence electrons. The van der Waals surface area contributed by atoms with E-state index in [4.69, 9.17) is 14.2 Å². The Hall–Kier alpha value is 0.230. The first-order chi connectivity index (χ1) is 5.86. The highest BCUT2D eigenvalue weighted by atomic mass is 32.2. The van der Waals surface area contributed by atoms with Crippen molar-refractivity contribution < 1.29 is 14.2 Å². The van der Waals surface area contributed by atoms with Gasteiger partial charge in [0.05, 0.1) is 19.8 Å². The van der Waals surface area contributed by atoms with Gasteiger partial charge in [0.25, 0.3) is 0 Å². The molecule has 3 nitrogen and oxygen atoms in total. The van der Waals surface area contributed by atoms with Gasteiger partial charge >= 0.3 is 0 Å². The Kier molecular flexibility index (Phi) is 7.75. The summed E-state index contributed by atoms with van der Waals surface area (Å²) < 4.78 is 14.4. The standard InChI is InChI=1S/C4H8O2.C4H8OS.CH4/c2*1-5-2-4-3-6-4;/h2*4H,2-3H2,1H3;1H4. The van der Waals surface area contributed by atoms with Crippen molar-refractivity contribution in [3.8, 4) is 0 Å². The van der Waals surface area contributed by atoms with E-state index in [9.17, 15) is 0 Å². The zero-order valence-electron chi connectivity index (χ0n) is 7.62. The van der Waals surface area contributed by atoms with Crippen LogP contribution >= 0.6 is 11.8 Å². The Morgan fingerprint density at radius 1 is 1.31 bits per heavy atom. The molecule has 0 aromatic heterocycles. The van der Waals surface area contributed by atoms with E-state index >= 15 is 0 Å². The van der Waals surface area contributed by atoms with Crippen LogP contribution in [0.25, 0.3) is 0 Å². The van der Waals surface area contributed by atoms with Gasteiger partial charge in [0.15, 0.2) is 0 Å². The number of hydrogen-bond acceptors (Lipinski definition) is 4. The summed E-state index contributed by atoms with van der Waals surface area (Å²) >= 11 is 1.97. The Morgan fingerprint density at radius 2 is 1.85 bits per heavy atom. The van der Waals surface area contributed by atoms with Gasteiger partial charge in [0.1, 0.15) is 6.10 Å². The van der Waals surface area contributed by atoms with Crippen molar-refractivity contribution in [1.29, 1.82) is 0 Å². The second kappa shape index (κ2) is 7.62. The number of thioether (sulfide) groups is 1. The largest absolute Gasteiger partial charge is 0.384 e. The summed E-state index contributed by atoms with van der Waals surface area (Å²) in [5.74, 6) is 1.31. The van der Waals surface area contributed by atoms with Crippen molar-refractivity contribution in [2.24, 2.45) is 0 Å². The van der Waals surface area contributed by atoms with E-state index in [-0.39, 0.29) is 7.43 Å². The van der Waals surface area contributed by atoms with Crippen LogP contribution in [0.4, 0.5) is 0 Å². The molecular formula is C9H20O3S. The highest BCUT2D eigenvalue weighted by Gasteiger charge is 2.21. The average Bonchev–Trinajstić information content (AvgIpc) is 2.81. The molecule has 0 spiro atoms. The third-order valence-corrected chi connectivity index (χ3v) is 2.45. The zero-order valence-corrected chi connectivity index (χ0v) is 8.43. The maximum Gasteiger partial charge on any atom is 0.104 e. The maximum atomic E-state index is 4.84. The lowest BCUT2D eigenvalue weighted by Crippen LogP contribution is -1.94. The van der Waals surface area contributed by atoms with E-state index in [2.05, 4.69) is 0 Å². The zero-order chi connectivity index (χ0) is 8.81. The van der Waals surface area contributed by atoms with Gasteiger partial charge in [-0.05, 0) is 0 Å². The van der Waals surface area contributed by atoms with Crippen molar-refractivity contribution in [1.82, 2.24) is 0 Å². The number of epoxide rings is 1. The lowest BCUT2D eigenvalue weighted by molar-refractivity contribution is 0.171. The second-order valence-electron chi connectivity index (χ2n) is 2.82. The summed E-state index contributed by atoms with van der Waals surface area (Å²) in [6, 6.07) is 0. The Bertz CT molecular complexity index is 99.4. The predicted octanol–water partition coefficient (Wildman–Crippen LogP) is 1.42. The first kappa shape index (κ1) is 13.2. The molecule has 2 atom stereocenters. The van der Waals surface area contributed by atoms with E-state index in [1.165, 1.54) is 5.75 Å². The number of rotatable bonds is 4. The average molecular weight is 208 g/mol. The third kappa shape index (κ3) is 8.56. The van der Waals surface area contributed by atoms with Crippen LogP contribution < -0.4 is 0 Å². The first-order valence-electron chi connectivity index (χ1n) is 4.08. The number of hydrogen-bond donors (Lipinski definition) is 0. The molecule has 0 aromatic carbocycles. The Labute approximate surface area is 85.1 Å². The molecule has 13 heavy (non-hydrogen) atoms. The summed E-state index contributed by atoms with van der Waals surface area (Å²) in [5.41, 5.74) is 0. The summed E-state index contributed by atoms with van der Waals surface area (Å²) in [6.45, 7) is 2.61. The van der Waals surface area contributed by atoms with Crippen LogP contribution in [-0.4, -0.2) is 51.1 Å². The monoisotopic (exact) mass is 208 g/mol. The topological polar surface area (TPSA) is 31.0 Å². The van der Waals surface area contributed by atoms with Crippen LogP contribution in [0, 0.1) is 0 Å². The maximum absolute atomic E-state index is 4.84. The molecule has 0 radical (unpaired) electrons. The molecule has 0 saturated carbocycles. The number of ether oxygens (including phenoxy) is 3. The van der Waals surface area contributed by atoms with Crippen LogP contribution in [0.1, 0.15) is 7.43 Å². The van der Waals surface area contributed by atoms with Gasteiger partial charge in [-0.2, -0.15) is 11.8 Å². The quantitative estimate of drug-likeness (QED) is 0.654. The van der Waals surface area contributed by atoms with Crippen LogP contribution in [0.15, 0.2) is 0 Å². The highest BCUT2D eigenvalue weighted by Crippen LogP contribution is 2.29. The van der Waals surface area contributed by atoms with Gasteiger partial charge in [0, 0.05) is 25.2 Å². The van der Waals surface area contributed by atoms with Gasteiger partial charge in [-0.25, -0.2) is 0 Å². The molecule has 2 rings (SSSR count). The van der Waals surface area contributed by atoms with Crippen molar-refractivity contribution in [3.05, 3.63) is 0 Å². The Morgan fingerprint density at radius 3 is 2.00 bits per heavy atom. The van der Waals surface area contributed by atoms with Crippen molar-refractivity contribution in [3.63, 3.8) is 0 Å². The molecule has 2 saturated heterocycles. The van der Waals surface area contributed by atoms with Crippen molar-refractivity contribution in [2.75, 3.05) is 39.8 Å². The fourth-order valence-electron chi connectivity index (χ4n) is 0.700. The molecule has 0 aliphatic carbocycles. The molecule has 0 aromatic rings. The fourth-order valence-corrected chi connectivity index (χ4v) is 1.16. The van der Waals surface area contributed by atoms with Gasteiger partial charge in [-0.15, -0.1) is 0 Å². The van der Waals surface area contributed by atoms with Crippen LogP contribution in [-0.2, 0) is 14.2 Å². The molecule has 0 N–H and O–H groups in total. The second-order valence-corrected chi connectivity index (χ2v) is 4.15. The lowest BCUT2D eigenvalue weighted by Gasteiger charge is -1.85. The lowest BCUT2D eigenvalue weighted by atomic mass is 10.5. The van der Waals surface area contributed by atoms with E-state index < -0.39 is 0 Å². The van der Waals surface area contributed by atoms with E-state index in [1.54, 1.807) is 14.2 Å². The SMILES string of the molecule is C.COCC1CO1.COCC1CS1. The molecule has 2 fully saturated rings. The van der Waals surface area contributed by atoms with Crippen LogP contribution in [0.5, 0.6) is 0 Å². The summed E-state index contributed by atoms with van der Waals surface area (Å²) in [6.07, 6.45) is 0.426. The minimum atomic E-state index is 0. The first-order valence-corrected chi connectivity index (χ1v) is 5.12. The third-order valence-electron chi connectivity index (χ3n) is 1.51. The molecule has 0 amide bonds. The fraction of sp³-hybridized carbons (Fsp3) is 1.00. The summed E-state index contributed by atoms with van der Waals surface area (Å²) in [7, 11) is 3.43. The van der Waals surface area contributed by atoms with E-state index in [0.29, 0.717) is 6.10 Å². The van der Waals surface area contributed by atoms with Gasteiger partial charge in [-0.3, -0.25) is 0 Å². The number of methoxy groups -OCH3 is 2. The molecule has 2 unspecified atom stereocenters. The normalized spacial score (nSPS) is 28.2. The smallest absolute Gasteiger partial charge is 0.104 e. The molecule has 2 aliphatic rings. The van der Waals surface area contributed by atoms with E-state index in [1.807, 2.05) is 11.8 Å². The van der Waals surface area contributed by atoms with Gasteiger partial charge in [0.2, 0.25) is 0 Å². The van der Waals surface area contributed by atoms with Gasteiger partial charge < -0.3 is 14.2 Å². The van der Waals surface area contributed by atoms with Crippen LogP contribution in [0.3, 0.4) is 0 Å². The highest BCUT2D eigenvalue weighted by molar-refractivity contribution is 8.06. The molecule has 2 aliphatic heterocycles. The molecule has 2 heterocycles. The molecule has 4 heteroatoms. The Balaban J connectivity index is 0.000000206. The van der Waals surface area contributed by atoms with Crippen molar-refractivity contribution in [2.45, 2.75) is 18.8 Å². The van der Waals surface area contributed by atoms with Crippen molar-refractivity contribution >= 4 is 11.8 Å². The van der Waals surface area contributed by atoms with Gasteiger partial charge in [-0.1, -0.05) is 7.43 Å². The van der Waals surface area contributed by atoms with E-state index in [0.717, 1.165) is 25.1 Å².